The Morgan fingerprint density at radius 3 is 2.41 bits per heavy atom. The summed E-state index contributed by atoms with van der Waals surface area (Å²) in [5.41, 5.74) is -4.08. The van der Waals surface area contributed by atoms with Crippen molar-refractivity contribution in [1.82, 2.24) is 9.13 Å². The lowest BCUT2D eigenvalue weighted by Crippen LogP contribution is -2.41. The molecule has 0 atom stereocenters. The Hall–Kier alpha value is -2.79. The summed E-state index contributed by atoms with van der Waals surface area (Å²) in [5.74, 6) is -0.423. The molecule has 0 aliphatic carbocycles. The van der Waals surface area contributed by atoms with Crippen LogP contribution in [-0.2, 0) is 22.9 Å². The number of hydrogen-bond acceptors (Lipinski definition) is 5. The number of carbonyl (C=O) groups excluding carboxylic acids is 1. The molecule has 0 spiro atoms. The molecule has 0 bridgehead atoms. The second-order valence-electron chi connectivity index (χ2n) is 5.47. The number of alkyl halides is 3. The van der Waals surface area contributed by atoms with E-state index in [1.165, 1.54) is 13.2 Å². The molecule has 1 amide bonds. The van der Waals surface area contributed by atoms with Crippen molar-refractivity contribution in [2.75, 3.05) is 18.8 Å². The third-order valence-corrected chi connectivity index (χ3v) is 4.16. The van der Waals surface area contributed by atoms with Crippen LogP contribution >= 0.6 is 11.6 Å². The molecule has 0 unspecified atom stereocenters. The van der Waals surface area contributed by atoms with Crippen molar-refractivity contribution in [2.24, 2.45) is 7.05 Å². The molecule has 1 aromatic heterocycles. The summed E-state index contributed by atoms with van der Waals surface area (Å²) in [7, 11) is 2.09. The fourth-order valence-electron chi connectivity index (χ4n) is 2.63. The van der Waals surface area contributed by atoms with E-state index in [1.807, 2.05) is 0 Å². The number of nitrogens with zero attached hydrogens (tertiary/aromatic N) is 3. The van der Waals surface area contributed by atoms with Crippen molar-refractivity contribution in [2.45, 2.75) is 6.18 Å². The van der Waals surface area contributed by atoms with Gasteiger partial charge in [-0.1, -0.05) is 11.6 Å². The molecule has 1 aliphatic rings. The van der Waals surface area contributed by atoms with Crippen LogP contribution in [-0.4, -0.2) is 28.8 Å². The standard InChI is InChI=1S/C15H11ClF3N3O5/c1-20-11(15(17,18)19)5-12(23)21(14(20)25)8-4-9-10(3-7(8)16)27-6-13(24)22(9)26-2/h3-5H,6H2,1-2H3. The zero-order valence-electron chi connectivity index (χ0n) is 13.8. The fraction of sp³-hybridized carbons (Fsp3) is 0.267. The minimum Gasteiger partial charge on any atom is -0.481 e. The number of amides is 1. The van der Waals surface area contributed by atoms with Crippen LogP contribution in [0.1, 0.15) is 5.69 Å². The van der Waals surface area contributed by atoms with E-state index >= 15 is 0 Å². The summed E-state index contributed by atoms with van der Waals surface area (Å²) in [6, 6.07) is 2.66. The number of carbonyl (C=O) groups is 1. The SMILES string of the molecule is CON1C(=O)COc2cc(Cl)c(-n3c(=O)cc(C(F)(F)F)n(C)c3=O)cc21. The quantitative estimate of drug-likeness (QED) is 0.756. The van der Waals surface area contributed by atoms with Crippen molar-refractivity contribution in [3.63, 3.8) is 0 Å². The van der Waals surface area contributed by atoms with Crippen LogP contribution in [0.2, 0.25) is 5.02 Å². The van der Waals surface area contributed by atoms with Gasteiger partial charge in [0.2, 0.25) is 0 Å². The van der Waals surface area contributed by atoms with Crippen LogP contribution in [0.3, 0.4) is 0 Å². The van der Waals surface area contributed by atoms with Gasteiger partial charge in [-0.25, -0.2) is 9.36 Å². The zero-order chi connectivity index (χ0) is 20.1. The van der Waals surface area contributed by atoms with Crippen molar-refractivity contribution in [3.8, 4) is 11.4 Å². The van der Waals surface area contributed by atoms with E-state index < -0.39 is 29.0 Å². The van der Waals surface area contributed by atoms with Gasteiger partial charge in [-0.2, -0.15) is 18.2 Å². The highest BCUT2D eigenvalue weighted by Gasteiger charge is 2.35. The zero-order valence-corrected chi connectivity index (χ0v) is 14.6. The maximum absolute atomic E-state index is 13.0. The Labute approximate surface area is 153 Å². The van der Waals surface area contributed by atoms with Crippen molar-refractivity contribution >= 4 is 23.2 Å². The third kappa shape index (κ3) is 3.08. The average Bonchev–Trinajstić information content (AvgIpc) is 2.58. The van der Waals surface area contributed by atoms with E-state index in [2.05, 4.69) is 0 Å². The fourth-order valence-corrected chi connectivity index (χ4v) is 2.87. The molecule has 0 radical (unpaired) electrons. The molecule has 0 N–H and O–H groups in total. The number of hydroxylamine groups is 1. The van der Waals surface area contributed by atoms with Gasteiger partial charge >= 0.3 is 11.9 Å². The number of benzene rings is 1. The Morgan fingerprint density at radius 2 is 1.81 bits per heavy atom. The summed E-state index contributed by atoms with van der Waals surface area (Å²) in [4.78, 5) is 41.5. The molecular formula is C15H11ClF3N3O5. The van der Waals surface area contributed by atoms with Crippen molar-refractivity contribution in [3.05, 3.63) is 49.8 Å². The van der Waals surface area contributed by atoms with Gasteiger partial charge < -0.3 is 4.74 Å². The lowest BCUT2D eigenvalue weighted by Gasteiger charge is -2.27. The predicted molar refractivity (Wildman–Crippen MR) is 87.3 cm³/mol. The van der Waals surface area contributed by atoms with Gasteiger partial charge in [0.05, 0.1) is 17.8 Å². The number of rotatable bonds is 2. The number of aromatic nitrogens is 2. The molecule has 2 heterocycles. The molecule has 12 heteroatoms. The Balaban J connectivity index is 2.29. The largest absolute Gasteiger partial charge is 0.481 e. The molecular weight excluding hydrogens is 395 g/mol. The highest BCUT2D eigenvalue weighted by molar-refractivity contribution is 6.32. The third-order valence-electron chi connectivity index (χ3n) is 3.86. The van der Waals surface area contributed by atoms with E-state index in [0.29, 0.717) is 4.57 Å². The second-order valence-corrected chi connectivity index (χ2v) is 5.88. The van der Waals surface area contributed by atoms with Gasteiger partial charge in [-0.3, -0.25) is 19.0 Å². The monoisotopic (exact) mass is 405 g/mol. The second kappa shape index (κ2) is 6.43. The predicted octanol–water partition coefficient (Wildman–Crippen LogP) is 1.50. The Morgan fingerprint density at radius 1 is 1.15 bits per heavy atom. The van der Waals surface area contributed by atoms with Gasteiger partial charge in [0, 0.05) is 19.2 Å². The topological polar surface area (TPSA) is 82.8 Å². The summed E-state index contributed by atoms with van der Waals surface area (Å²) >= 11 is 6.09. The summed E-state index contributed by atoms with van der Waals surface area (Å²) in [5, 5.41) is 0.719. The van der Waals surface area contributed by atoms with E-state index in [4.69, 9.17) is 21.2 Å². The van der Waals surface area contributed by atoms with Crippen LogP contribution in [0.4, 0.5) is 18.9 Å². The van der Waals surface area contributed by atoms with E-state index in [9.17, 15) is 27.6 Å². The van der Waals surface area contributed by atoms with Gasteiger partial charge in [0.1, 0.15) is 17.1 Å². The first-order chi connectivity index (χ1) is 12.6. The normalized spacial score (nSPS) is 14.1. The summed E-state index contributed by atoms with van der Waals surface area (Å²) in [6.45, 7) is -0.321. The van der Waals surface area contributed by atoms with Crippen LogP contribution < -0.4 is 21.0 Å². The molecule has 27 heavy (non-hydrogen) atoms. The number of fused-ring (bicyclic) bond motifs is 1. The maximum Gasteiger partial charge on any atom is 0.431 e. The molecule has 1 aromatic carbocycles. The van der Waals surface area contributed by atoms with Crippen LogP contribution in [0, 0.1) is 0 Å². The highest BCUT2D eigenvalue weighted by Crippen LogP contribution is 2.37. The van der Waals surface area contributed by atoms with Gasteiger partial charge in [0.15, 0.2) is 6.61 Å². The average molecular weight is 406 g/mol. The maximum atomic E-state index is 13.0. The minimum absolute atomic E-state index is 0.0435. The minimum atomic E-state index is -4.89. The molecule has 0 saturated carbocycles. The number of ether oxygens (including phenoxy) is 1. The van der Waals surface area contributed by atoms with Gasteiger partial charge in [-0.05, 0) is 6.07 Å². The smallest absolute Gasteiger partial charge is 0.431 e. The molecule has 0 saturated heterocycles. The lowest BCUT2D eigenvalue weighted by molar-refractivity contribution is -0.144. The lowest BCUT2D eigenvalue weighted by atomic mass is 10.2. The highest BCUT2D eigenvalue weighted by atomic mass is 35.5. The summed E-state index contributed by atoms with van der Waals surface area (Å²) < 4.78 is 44.9. The number of halogens is 4. The van der Waals surface area contributed by atoms with Gasteiger partial charge in [-0.15, -0.1) is 0 Å². The Kier molecular flexibility index (Phi) is 4.52. The summed E-state index contributed by atoms with van der Waals surface area (Å²) in [6.07, 6.45) is -4.89. The number of anilines is 1. The number of hydrogen-bond donors (Lipinski definition) is 0. The van der Waals surface area contributed by atoms with E-state index in [0.717, 1.165) is 18.2 Å². The van der Waals surface area contributed by atoms with Crippen molar-refractivity contribution < 1.29 is 27.5 Å². The van der Waals surface area contributed by atoms with Crippen LogP contribution in [0.15, 0.2) is 27.8 Å². The molecule has 2 aromatic rings. The first kappa shape index (κ1) is 19.0. The molecule has 8 nitrogen and oxygen atoms in total. The van der Waals surface area contributed by atoms with E-state index in [1.54, 1.807) is 0 Å². The first-order valence-corrected chi connectivity index (χ1v) is 7.68. The Bertz CT molecular complexity index is 1060. The first-order valence-electron chi connectivity index (χ1n) is 7.30. The van der Waals surface area contributed by atoms with Crippen LogP contribution in [0.5, 0.6) is 5.75 Å². The van der Waals surface area contributed by atoms with E-state index in [-0.39, 0.29) is 39.4 Å². The molecule has 1 aliphatic heterocycles. The molecule has 144 valence electrons. The molecule has 0 fully saturated rings. The molecule has 3 rings (SSSR count). The van der Waals surface area contributed by atoms with Gasteiger partial charge in [0.25, 0.3) is 11.5 Å². The van der Waals surface area contributed by atoms with Crippen molar-refractivity contribution in [1.29, 1.82) is 0 Å². The van der Waals surface area contributed by atoms with Crippen LogP contribution in [0.25, 0.3) is 5.69 Å².